The Labute approximate surface area is 109 Å². The molecule has 2 heterocycles. The van der Waals surface area contributed by atoms with Crippen LogP contribution < -0.4 is 5.32 Å². The fourth-order valence-electron chi connectivity index (χ4n) is 1.59. The fourth-order valence-corrected chi connectivity index (χ4v) is 1.59. The van der Waals surface area contributed by atoms with E-state index in [2.05, 4.69) is 25.8 Å². The average Bonchev–Trinajstić information content (AvgIpc) is 2.92. The lowest BCUT2D eigenvalue weighted by Gasteiger charge is -2.17. The number of nitrogens with zero attached hydrogens (tertiary/aromatic N) is 5. The Kier molecular flexibility index (Phi) is 4.51. The first kappa shape index (κ1) is 13.1. The van der Waals surface area contributed by atoms with Crippen LogP contribution in [0, 0.1) is 0 Å². The molecule has 1 atom stereocenters. The predicted octanol–water partition coefficient (Wildman–Crippen LogP) is -0.428. The Balaban J connectivity index is 1.98. The van der Waals surface area contributed by atoms with Gasteiger partial charge in [0.25, 0.3) is 0 Å². The van der Waals surface area contributed by atoms with E-state index < -0.39 is 0 Å². The van der Waals surface area contributed by atoms with Gasteiger partial charge in [0.1, 0.15) is 12.9 Å². The number of rotatable bonds is 6. The van der Waals surface area contributed by atoms with Crippen LogP contribution in [0.4, 0.5) is 0 Å². The summed E-state index contributed by atoms with van der Waals surface area (Å²) >= 11 is 0. The molecule has 8 heteroatoms. The van der Waals surface area contributed by atoms with Crippen molar-refractivity contribution in [1.29, 1.82) is 0 Å². The van der Waals surface area contributed by atoms with E-state index in [1.807, 2.05) is 18.2 Å². The first-order valence-corrected chi connectivity index (χ1v) is 5.69. The highest BCUT2D eigenvalue weighted by Crippen LogP contribution is 2.09. The van der Waals surface area contributed by atoms with Gasteiger partial charge in [-0.15, -0.1) is 5.10 Å². The van der Waals surface area contributed by atoms with Crippen LogP contribution in [-0.2, 0) is 16.1 Å². The number of pyridine rings is 1. The fraction of sp³-hybridized carbons (Fsp3) is 0.364. The number of amides is 1. The number of carbonyl (C=O) groups is 1. The number of ether oxygens (including phenoxy) is 1. The second-order valence-electron chi connectivity index (χ2n) is 3.84. The molecular formula is C11H14N6O2. The maximum absolute atomic E-state index is 11.9. The van der Waals surface area contributed by atoms with E-state index in [0.29, 0.717) is 6.61 Å². The maximum atomic E-state index is 11.9. The van der Waals surface area contributed by atoms with Crippen molar-refractivity contribution in [3.05, 3.63) is 36.4 Å². The molecule has 1 amide bonds. The van der Waals surface area contributed by atoms with E-state index in [-0.39, 0.29) is 18.5 Å². The highest BCUT2D eigenvalue weighted by Gasteiger charge is 2.15. The number of hydrogen-bond donors (Lipinski definition) is 1. The van der Waals surface area contributed by atoms with E-state index in [1.54, 1.807) is 13.3 Å². The smallest absolute Gasteiger partial charge is 0.242 e. The second kappa shape index (κ2) is 6.55. The van der Waals surface area contributed by atoms with Gasteiger partial charge in [0.05, 0.1) is 18.3 Å². The number of carbonyl (C=O) groups excluding carboxylic acids is 1. The molecule has 0 saturated heterocycles. The molecule has 0 saturated carbocycles. The molecular weight excluding hydrogens is 248 g/mol. The largest absolute Gasteiger partial charge is 0.382 e. The molecule has 2 rings (SSSR count). The summed E-state index contributed by atoms with van der Waals surface area (Å²) in [6, 6.07) is 5.21. The van der Waals surface area contributed by atoms with E-state index in [9.17, 15) is 4.79 Å². The van der Waals surface area contributed by atoms with E-state index >= 15 is 0 Å². The number of nitrogens with one attached hydrogen (secondary N) is 1. The third kappa shape index (κ3) is 3.81. The SMILES string of the molecule is COC[C@@H](NC(=O)Cn1cnnn1)c1ccccn1. The first-order chi connectivity index (χ1) is 9.29. The van der Waals surface area contributed by atoms with Crippen LogP contribution in [0.2, 0.25) is 0 Å². The van der Waals surface area contributed by atoms with E-state index in [1.165, 1.54) is 11.0 Å². The van der Waals surface area contributed by atoms with Crippen LogP contribution in [0.5, 0.6) is 0 Å². The number of aromatic nitrogens is 5. The number of methoxy groups -OCH3 is 1. The summed E-state index contributed by atoms with van der Waals surface area (Å²) in [6.45, 7) is 0.401. The zero-order valence-electron chi connectivity index (χ0n) is 10.4. The molecule has 1 N–H and O–H groups in total. The highest BCUT2D eigenvalue weighted by molar-refractivity contribution is 5.76. The van der Waals surface area contributed by atoms with Gasteiger partial charge in [0.15, 0.2) is 0 Å². The van der Waals surface area contributed by atoms with Crippen molar-refractivity contribution in [2.45, 2.75) is 12.6 Å². The molecule has 0 aliphatic carbocycles. The summed E-state index contributed by atoms with van der Waals surface area (Å²) < 4.78 is 6.44. The summed E-state index contributed by atoms with van der Waals surface area (Å²) in [7, 11) is 1.57. The van der Waals surface area contributed by atoms with Crippen molar-refractivity contribution in [3.8, 4) is 0 Å². The molecule has 0 radical (unpaired) electrons. The molecule has 0 bridgehead atoms. The maximum Gasteiger partial charge on any atom is 0.242 e. The minimum absolute atomic E-state index is 0.0556. The van der Waals surface area contributed by atoms with Crippen LogP contribution in [0.15, 0.2) is 30.7 Å². The highest BCUT2D eigenvalue weighted by atomic mass is 16.5. The summed E-state index contributed by atoms with van der Waals surface area (Å²) in [6.07, 6.45) is 3.05. The summed E-state index contributed by atoms with van der Waals surface area (Å²) in [5.74, 6) is -0.208. The third-order valence-electron chi connectivity index (χ3n) is 2.41. The lowest BCUT2D eigenvalue weighted by Crippen LogP contribution is -2.34. The van der Waals surface area contributed by atoms with Crippen LogP contribution in [0.3, 0.4) is 0 Å². The standard InChI is InChI=1S/C11H14N6O2/c1-19-7-10(9-4-2-3-5-12-9)14-11(18)6-17-8-13-15-16-17/h2-5,8,10H,6-7H2,1H3,(H,14,18)/t10-/m1/s1. The minimum atomic E-state index is -0.296. The molecule has 0 aliphatic rings. The van der Waals surface area contributed by atoms with Gasteiger partial charge in [-0.25, -0.2) is 4.68 Å². The molecule has 8 nitrogen and oxygen atoms in total. The normalized spacial score (nSPS) is 12.1. The van der Waals surface area contributed by atoms with Gasteiger partial charge in [0, 0.05) is 13.3 Å². The topological polar surface area (TPSA) is 94.8 Å². The Morgan fingerprint density at radius 3 is 3.05 bits per heavy atom. The molecule has 0 spiro atoms. The van der Waals surface area contributed by atoms with Gasteiger partial charge in [-0.2, -0.15) is 0 Å². The summed E-state index contributed by atoms with van der Waals surface area (Å²) in [5, 5.41) is 13.4. The molecule has 0 unspecified atom stereocenters. The third-order valence-corrected chi connectivity index (χ3v) is 2.41. The summed E-state index contributed by atoms with van der Waals surface area (Å²) in [5.41, 5.74) is 0.745. The zero-order valence-corrected chi connectivity index (χ0v) is 10.4. The predicted molar refractivity (Wildman–Crippen MR) is 64.8 cm³/mol. The van der Waals surface area contributed by atoms with Crippen molar-refractivity contribution >= 4 is 5.91 Å². The van der Waals surface area contributed by atoms with Crippen LogP contribution in [0.1, 0.15) is 11.7 Å². The van der Waals surface area contributed by atoms with Gasteiger partial charge < -0.3 is 10.1 Å². The molecule has 0 aliphatic heterocycles. The Bertz CT molecular complexity index is 501. The second-order valence-corrected chi connectivity index (χ2v) is 3.84. The van der Waals surface area contributed by atoms with Gasteiger partial charge in [-0.3, -0.25) is 9.78 Å². The van der Waals surface area contributed by atoms with Crippen molar-refractivity contribution in [3.63, 3.8) is 0 Å². The molecule has 0 aromatic carbocycles. The van der Waals surface area contributed by atoms with Gasteiger partial charge in [-0.1, -0.05) is 6.07 Å². The van der Waals surface area contributed by atoms with Crippen LogP contribution >= 0.6 is 0 Å². The van der Waals surface area contributed by atoms with Crippen LogP contribution in [0.25, 0.3) is 0 Å². The monoisotopic (exact) mass is 262 g/mol. The lowest BCUT2D eigenvalue weighted by molar-refractivity contribution is -0.123. The van der Waals surface area contributed by atoms with Crippen molar-refractivity contribution < 1.29 is 9.53 Å². The van der Waals surface area contributed by atoms with Crippen molar-refractivity contribution in [2.24, 2.45) is 0 Å². The van der Waals surface area contributed by atoms with Gasteiger partial charge >= 0.3 is 0 Å². The molecule has 2 aromatic rings. The van der Waals surface area contributed by atoms with Crippen molar-refractivity contribution in [1.82, 2.24) is 30.5 Å². The molecule has 19 heavy (non-hydrogen) atoms. The minimum Gasteiger partial charge on any atom is -0.382 e. The molecule has 2 aromatic heterocycles. The van der Waals surface area contributed by atoms with E-state index in [4.69, 9.17) is 4.74 Å². The average molecular weight is 262 g/mol. The quantitative estimate of drug-likeness (QED) is 0.759. The zero-order chi connectivity index (χ0) is 13.5. The summed E-state index contributed by atoms with van der Waals surface area (Å²) in [4.78, 5) is 16.1. The molecule has 0 fully saturated rings. The Morgan fingerprint density at radius 2 is 2.42 bits per heavy atom. The molecule has 100 valence electrons. The first-order valence-electron chi connectivity index (χ1n) is 5.69. The van der Waals surface area contributed by atoms with Gasteiger partial charge in [0.2, 0.25) is 5.91 Å². The van der Waals surface area contributed by atoms with Crippen LogP contribution in [-0.4, -0.2) is 44.8 Å². The lowest BCUT2D eigenvalue weighted by atomic mass is 10.2. The van der Waals surface area contributed by atoms with E-state index in [0.717, 1.165) is 5.69 Å². The van der Waals surface area contributed by atoms with Crippen molar-refractivity contribution in [2.75, 3.05) is 13.7 Å². The Morgan fingerprint density at radius 1 is 1.53 bits per heavy atom. The number of hydrogen-bond acceptors (Lipinski definition) is 6. The Hall–Kier alpha value is -2.35. The van der Waals surface area contributed by atoms with Gasteiger partial charge in [-0.05, 0) is 22.6 Å². The number of tetrazole rings is 1.